The summed E-state index contributed by atoms with van der Waals surface area (Å²) in [5.41, 5.74) is 1.94. The van der Waals surface area contributed by atoms with Crippen molar-refractivity contribution in [2.24, 2.45) is 0 Å². The summed E-state index contributed by atoms with van der Waals surface area (Å²) in [6.07, 6.45) is 5.14. The Hall–Kier alpha value is -2.93. The first kappa shape index (κ1) is 17.5. The Morgan fingerprint density at radius 1 is 1.19 bits per heavy atom. The molecular weight excluding hydrogens is 362 g/mol. The first-order valence-corrected chi connectivity index (χ1v) is 9.65. The number of aryl methyl sites for hydroxylation is 1. The fourth-order valence-corrected chi connectivity index (χ4v) is 3.95. The molecule has 1 aromatic carbocycles. The molecule has 138 valence electrons. The van der Waals surface area contributed by atoms with Crippen LogP contribution in [-0.2, 0) is 0 Å². The van der Waals surface area contributed by atoms with Crippen LogP contribution in [0.25, 0.3) is 10.8 Å². The molecule has 0 bridgehead atoms. The first-order chi connectivity index (χ1) is 13.1. The normalized spacial score (nSPS) is 13.7. The number of benzene rings is 1. The Labute approximate surface area is 160 Å². The van der Waals surface area contributed by atoms with Gasteiger partial charge in [-0.2, -0.15) is 0 Å². The zero-order valence-corrected chi connectivity index (χ0v) is 15.7. The number of hydrogen-bond acceptors (Lipinski definition) is 5. The molecule has 3 heterocycles. The van der Waals surface area contributed by atoms with E-state index in [0.29, 0.717) is 26.9 Å². The average molecular weight is 381 g/mol. The van der Waals surface area contributed by atoms with E-state index in [1.807, 2.05) is 24.0 Å². The molecule has 0 aliphatic carbocycles. The van der Waals surface area contributed by atoms with Crippen LogP contribution in [-0.4, -0.2) is 34.8 Å². The molecule has 1 N–H and O–H groups in total. The third kappa shape index (κ3) is 3.50. The Morgan fingerprint density at radius 3 is 2.74 bits per heavy atom. The lowest BCUT2D eigenvalue weighted by atomic mass is 10.1. The van der Waals surface area contributed by atoms with Crippen LogP contribution >= 0.6 is 11.3 Å². The lowest BCUT2D eigenvalue weighted by Gasteiger charge is -2.19. The zero-order valence-electron chi connectivity index (χ0n) is 14.9. The van der Waals surface area contributed by atoms with Gasteiger partial charge < -0.3 is 14.6 Å². The van der Waals surface area contributed by atoms with Gasteiger partial charge in [0.2, 0.25) is 0 Å². The van der Waals surface area contributed by atoms with Crippen molar-refractivity contribution >= 4 is 28.8 Å². The maximum Gasteiger partial charge on any atom is 0.267 e. The van der Waals surface area contributed by atoms with Gasteiger partial charge in [-0.05, 0) is 43.5 Å². The van der Waals surface area contributed by atoms with E-state index in [1.165, 1.54) is 17.5 Å². The number of likely N-dealkylation sites (tertiary alicyclic amines) is 1. The highest BCUT2D eigenvalue weighted by atomic mass is 32.1. The molecule has 1 fully saturated rings. The number of nitrogens with zero attached hydrogens (tertiary/aromatic N) is 2. The highest BCUT2D eigenvalue weighted by molar-refractivity contribution is 7.17. The SMILES string of the molecule is Cc1cccc(C(=O)N2CCCC2)c1NC(=O)c1cnc(-c2ccco2)s1. The number of thiazole rings is 1. The largest absolute Gasteiger partial charge is 0.462 e. The second-order valence-corrected chi connectivity index (χ2v) is 7.49. The molecule has 6 nitrogen and oxygen atoms in total. The summed E-state index contributed by atoms with van der Waals surface area (Å²) in [4.78, 5) is 32.2. The number of carbonyl (C=O) groups is 2. The molecule has 1 aliphatic heterocycles. The topological polar surface area (TPSA) is 75.4 Å². The summed E-state index contributed by atoms with van der Waals surface area (Å²) in [5.74, 6) is 0.307. The summed E-state index contributed by atoms with van der Waals surface area (Å²) < 4.78 is 5.32. The number of amides is 2. The van der Waals surface area contributed by atoms with Crippen molar-refractivity contribution in [1.29, 1.82) is 0 Å². The van der Waals surface area contributed by atoms with Crippen molar-refractivity contribution < 1.29 is 14.0 Å². The molecule has 0 atom stereocenters. The summed E-state index contributed by atoms with van der Waals surface area (Å²) in [7, 11) is 0. The van der Waals surface area contributed by atoms with Gasteiger partial charge in [0, 0.05) is 13.1 Å². The van der Waals surface area contributed by atoms with Gasteiger partial charge in [-0.1, -0.05) is 12.1 Å². The predicted molar refractivity (Wildman–Crippen MR) is 104 cm³/mol. The lowest BCUT2D eigenvalue weighted by Crippen LogP contribution is -2.29. The quantitative estimate of drug-likeness (QED) is 0.735. The zero-order chi connectivity index (χ0) is 18.8. The summed E-state index contributed by atoms with van der Waals surface area (Å²) in [6.45, 7) is 3.42. The number of aromatic nitrogens is 1. The molecule has 0 saturated carbocycles. The van der Waals surface area contributed by atoms with Crippen LogP contribution < -0.4 is 5.32 Å². The van der Waals surface area contributed by atoms with Crippen LogP contribution in [0.15, 0.2) is 47.2 Å². The predicted octanol–water partition coefficient (Wildman–Crippen LogP) is 4.20. The highest BCUT2D eigenvalue weighted by Crippen LogP contribution is 2.28. The molecule has 2 amide bonds. The van der Waals surface area contributed by atoms with E-state index in [2.05, 4.69) is 10.3 Å². The van der Waals surface area contributed by atoms with Gasteiger partial charge in [-0.25, -0.2) is 4.98 Å². The molecule has 4 rings (SSSR count). The van der Waals surface area contributed by atoms with Gasteiger partial charge >= 0.3 is 0 Å². The van der Waals surface area contributed by atoms with Gasteiger partial charge in [-0.3, -0.25) is 9.59 Å². The van der Waals surface area contributed by atoms with E-state index in [0.717, 1.165) is 31.5 Å². The lowest BCUT2D eigenvalue weighted by molar-refractivity contribution is 0.0794. The number of anilines is 1. The smallest absolute Gasteiger partial charge is 0.267 e. The molecular formula is C20H19N3O3S. The maximum absolute atomic E-state index is 12.9. The van der Waals surface area contributed by atoms with Crippen LogP contribution in [0.3, 0.4) is 0 Å². The van der Waals surface area contributed by atoms with Crippen LogP contribution in [0, 0.1) is 6.92 Å². The van der Waals surface area contributed by atoms with Crippen molar-refractivity contribution in [1.82, 2.24) is 9.88 Å². The van der Waals surface area contributed by atoms with E-state index in [1.54, 1.807) is 24.5 Å². The molecule has 3 aromatic rings. The minimum absolute atomic E-state index is 0.0351. The van der Waals surface area contributed by atoms with Crippen LogP contribution in [0.1, 0.15) is 38.4 Å². The molecule has 1 aliphatic rings. The third-order valence-electron chi connectivity index (χ3n) is 4.60. The summed E-state index contributed by atoms with van der Waals surface area (Å²) >= 11 is 1.25. The van der Waals surface area contributed by atoms with Gasteiger partial charge in [0.05, 0.1) is 23.7 Å². The van der Waals surface area contributed by atoms with Crippen LogP contribution in [0.2, 0.25) is 0 Å². The van der Waals surface area contributed by atoms with E-state index >= 15 is 0 Å². The van der Waals surface area contributed by atoms with Crippen molar-refractivity contribution in [2.45, 2.75) is 19.8 Å². The van der Waals surface area contributed by atoms with Crippen LogP contribution in [0.5, 0.6) is 0 Å². The van der Waals surface area contributed by atoms with E-state index in [9.17, 15) is 9.59 Å². The Bertz CT molecular complexity index is 972. The average Bonchev–Trinajstić information content (AvgIpc) is 3.43. The summed E-state index contributed by atoms with van der Waals surface area (Å²) in [5, 5.41) is 3.55. The molecule has 0 radical (unpaired) electrons. The Kier molecular flexibility index (Phi) is 4.77. The summed E-state index contributed by atoms with van der Waals surface area (Å²) in [6, 6.07) is 9.08. The van der Waals surface area contributed by atoms with Gasteiger partial charge in [0.25, 0.3) is 11.8 Å². The molecule has 1 saturated heterocycles. The van der Waals surface area contributed by atoms with E-state index in [4.69, 9.17) is 4.42 Å². The molecule has 2 aromatic heterocycles. The fourth-order valence-electron chi connectivity index (χ4n) is 3.17. The molecule has 27 heavy (non-hydrogen) atoms. The molecule has 0 unspecified atom stereocenters. The number of nitrogens with one attached hydrogen (secondary N) is 1. The number of para-hydroxylation sites is 1. The van der Waals surface area contributed by atoms with Crippen molar-refractivity contribution in [2.75, 3.05) is 18.4 Å². The van der Waals surface area contributed by atoms with Crippen molar-refractivity contribution in [3.05, 3.63) is 58.8 Å². The Morgan fingerprint density at radius 2 is 2.00 bits per heavy atom. The minimum Gasteiger partial charge on any atom is -0.462 e. The third-order valence-corrected chi connectivity index (χ3v) is 5.61. The number of furan rings is 1. The monoisotopic (exact) mass is 381 g/mol. The van der Waals surface area contributed by atoms with E-state index < -0.39 is 0 Å². The number of hydrogen-bond donors (Lipinski definition) is 1. The maximum atomic E-state index is 12.9. The second kappa shape index (κ2) is 7.36. The minimum atomic E-state index is -0.282. The Balaban J connectivity index is 1.59. The fraction of sp³-hybridized carbons (Fsp3) is 0.250. The molecule has 7 heteroatoms. The first-order valence-electron chi connectivity index (χ1n) is 8.83. The van der Waals surface area contributed by atoms with Crippen LogP contribution in [0.4, 0.5) is 5.69 Å². The highest BCUT2D eigenvalue weighted by Gasteiger charge is 2.24. The molecule has 0 spiro atoms. The van der Waals surface area contributed by atoms with Crippen molar-refractivity contribution in [3.63, 3.8) is 0 Å². The van der Waals surface area contributed by atoms with Gasteiger partial charge in [-0.15, -0.1) is 11.3 Å². The number of rotatable bonds is 4. The van der Waals surface area contributed by atoms with Gasteiger partial charge in [0.15, 0.2) is 10.8 Å². The van der Waals surface area contributed by atoms with E-state index in [-0.39, 0.29) is 11.8 Å². The second-order valence-electron chi connectivity index (χ2n) is 6.46. The standard InChI is InChI=1S/C20H19N3O3S/c1-13-6-4-7-14(20(25)23-9-2-3-10-23)17(13)22-18(24)16-12-21-19(27-16)15-8-5-11-26-15/h4-8,11-12H,2-3,9-10H2,1H3,(H,22,24). The van der Waals surface area contributed by atoms with Gasteiger partial charge in [0.1, 0.15) is 4.88 Å². The number of carbonyl (C=O) groups excluding carboxylic acids is 2. The van der Waals surface area contributed by atoms with Crippen molar-refractivity contribution in [3.8, 4) is 10.8 Å².